The molecule has 1 aromatic rings. The summed E-state index contributed by atoms with van der Waals surface area (Å²) in [5.74, 6) is -14.1. The van der Waals surface area contributed by atoms with Gasteiger partial charge in [0.2, 0.25) is 5.91 Å². The van der Waals surface area contributed by atoms with Gasteiger partial charge in [-0.1, -0.05) is 33.8 Å². The molecule has 0 radical (unpaired) electrons. The molecular weight excluding hydrogens is 508 g/mol. The van der Waals surface area contributed by atoms with Crippen LogP contribution < -0.4 is 5.73 Å². The number of rotatable bonds is 5. The van der Waals surface area contributed by atoms with Gasteiger partial charge in [-0.05, 0) is 43.1 Å². The maximum atomic E-state index is 14.2. The van der Waals surface area contributed by atoms with E-state index in [4.69, 9.17) is 10.5 Å². The monoisotopic (exact) mass is 542 g/mol. The Hall–Kier alpha value is -3.44. The number of nitrogens with two attached hydrogens (primary N) is 1. The molecule has 0 heterocycles. The number of carbonyl (C=O) groups is 6. The number of ether oxygens (including phenoxy) is 1. The molecule has 0 bridgehead atoms. The van der Waals surface area contributed by atoms with Crippen LogP contribution in [0.25, 0.3) is 0 Å². The van der Waals surface area contributed by atoms with Crippen molar-refractivity contribution in [2.75, 3.05) is 14.1 Å². The topological polar surface area (TPSA) is 181 Å². The number of carbonyl (C=O) groups excluding carboxylic acids is 6. The molecule has 0 spiro atoms. The average Bonchev–Trinajstić information content (AvgIpc) is 2.84. The normalized spacial score (nSPS) is 34.0. The molecule has 3 aliphatic carbocycles. The van der Waals surface area contributed by atoms with Crippen molar-refractivity contribution < 1.29 is 43.7 Å². The van der Waals surface area contributed by atoms with E-state index in [1.165, 1.54) is 32.0 Å². The predicted molar refractivity (Wildman–Crippen MR) is 136 cm³/mol. The van der Waals surface area contributed by atoms with E-state index in [0.29, 0.717) is 5.56 Å². The van der Waals surface area contributed by atoms with E-state index in [0.717, 1.165) is 5.56 Å². The highest BCUT2D eigenvalue weighted by molar-refractivity contribution is 6.32. The SMILES string of the molecule is CCC(=O)O[C@H]1[C@H]2C(C(=O)c3c(O)ccc(C(C)C)c3[C@@H]2C)C(=O)[C@]2(O)C(=O)C(C(N)=O)C(=O)C(N(C)C)[C@H]12. The van der Waals surface area contributed by atoms with Crippen LogP contribution in [-0.2, 0) is 28.7 Å². The second-order valence-corrected chi connectivity index (χ2v) is 11.3. The summed E-state index contributed by atoms with van der Waals surface area (Å²) < 4.78 is 5.82. The van der Waals surface area contributed by atoms with Crippen LogP contribution in [0, 0.1) is 23.7 Å². The zero-order chi connectivity index (χ0) is 29.3. The van der Waals surface area contributed by atoms with Gasteiger partial charge in [0.15, 0.2) is 34.7 Å². The zero-order valence-electron chi connectivity index (χ0n) is 22.8. The molecule has 3 aliphatic rings. The Morgan fingerprint density at radius 1 is 1.13 bits per heavy atom. The Morgan fingerprint density at radius 2 is 1.74 bits per heavy atom. The highest BCUT2D eigenvalue weighted by Gasteiger charge is 2.74. The van der Waals surface area contributed by atoms with E-state index in [-0.39, 0.29) is 23.7 Å². The molecule has 0 saturated heterocycles. The van der Waals surface area contributed by atoms with E-state index in [2.05, 4.69) is 0 Å². The Balaban J connectivity index is 2.06. The van der Waals surface area contributed by atoms with Gasteiger partial charge in [-0.15, -0.1) is 0 Å². The average molecular weight is 543 g/mol. The Kier molecular flexibility index (Phi) is 7.06. The molecule has 210 valence electrons. The first-order valence-electron chi connectivity index (χ1n) is 13.0. The van der Waals surface area contributed by atoms with Gasteiger partial charge in [0.05, 0.1) is 23.4 Å². The number of fused-ring (bicyclic) bond motifs is 3. The molecule has 0 aliphatic heterocycles. The molecule has 1 amide bonds. The van der Waals surface area contributed by atoms with Crippen molar-refractivity contribution in [3.8, 4) is 5.75 Å². The third-order valence-electron chi connectivity index (χ3n) is 8.65. The number of ketones is 4. The molecule has 2 fully saturated rings. The number of esters is 1. The predicted octanol–water partition coefficient (Wildman–Crippen LogP) is 0.483. The molecule has 11 nitrogen and oxygen atoms in total. The van der Waals surface area contributed by atoms with Crippen molar-refractivity contribution in [2.45, 2.75) is 63.7 Å². The molecule has 1 aromatic carbocycles. The van der Waals surface area contributed by atoms with Crippen molar-refractivity contribution in [3.05, 3.63) is 28.8 Å². The van der Waals surface area contributed by atoms with Crippen molar-refractivity contribution in [2.24, 2.45) is 29.4 Å². The fourth-order valence-corrected chi connectivity index (χ4v) is 6.96. The molecule has 4 N–H and O–H groups in total. The van der Waals surface area contributed by atoms with Crippen molar-refractivity contribution in [3.63, 3.8) is 0 Å². The summed E-state index contributed by atoms with van der Waals surface area (Å²) in [6.45, 7) is 7.06. The summed E-state index contributed by atoms with van der Waals surface area (Å²) >= 11 is 0. The van der Waals surface area contributed by atoms with Crippen molar-refractivity contribution in [1.82, 2.24) is 4.90 Å². The molecule has 2 saturated carbocycles. The lowest BCUT2D eigenvalue weighted by Crippen LogP contribution is -2.78. The highest BCUT2D eigenvalue weighted by Crippen LogP contribution is 2.56. The van der Waals surface area contributed by atoms with Gasteiger partial charge in [-0.25, -0.2) is 0 Å². The number of phenolic OH excluding ortho intramolecular Hbond substituents is 1. The van der Waals surface area contributed by atoms with Gasteiger partial charge in [0.1, 0.15) is 11.9 Å². The van der Waals surface area contributed by atoms with Gasteiger partial charge >= 0.3 is 5.97 Å². The van der Waals surface area contributed by atoms with Crippen LogP contribution in [0.5, 0.6) is 5.75 Å². The van der Waals surface area contributed by atoms with Crippen LogP contribution in [0.1, 0.15) is 67.4 Å². The Morgan fingerprint density at radius 3 is 2.26 bits per heavy atom. The minimum Gasteiger partial charge on any atom is -0.507 e. The molecular formula is C28H34N2O9. The number of likely N-dealkylation sites (N-methyl/N-ethyl adjacent to an activating group) is 1. The van der Waals surface area contributed by atoms with Gasteiger partial charge in [-0.3, -0.25) is 33.7 Å². The number of Topliss-reactive ketones (excluding diaryl/α,β-unsaturated/α-hetero) is 4. The van der Waals surface area contributed by atoms with E-state index < -0.39 is 82.3 Å². The zero-order valence-corrected chi connectivity index (χ0v) is 22.8. The van der Waals surface area contributed by atoms with Crippen LogP contribution in [0.15, 0.2) is 12.1 Å². The minimum absolute atomic E-state index is 0.0808. The number of phenols is 1. The van der Waals surface area contributed by atoms with Gasteiger partial charge in [-0.2, -0.15) is 0 Å². The summed E-state index contributed by atoms with van der Waals surface area (Å²) in [6, 6.07) is 1.63. The first kappa shape index (κ1) is 28.6. The summed E-state index contributed by atoms with van der Waals surface area (Å²) in [6.07, 6.45) is -1.53. The Labute approximate surface area is 225 Å². The second kappa shape index (κ2) is 9.63. The van der Waals surface area contributed by atoms with Crippen LogP contribution in [0.4, 0.5) is 0 Å². The number of hydrogen-bond donors (Lipinski definition) is 3. The molecule has 0 aromatic heterocycles. The number of nitrogens with zero attached hydrogens (tertiary/aromatic N) is 1. The molecule has 39 heavy (non-hydrogen) atoms. The largest absolute Gasteiger partial charge is 0.507 e. The Bertz CT molecular complexity index is 1300. The number of amides is 1. The molecule has 8 atom stereocenters. The van der Waals surface area contributed by atoms with Crippen molar-refractivity contribution in [1.29, 1.82) is 0 Å². The molecule has 11 heteroatoms. The van der Waals surface area contributed by atoms with Gasteiger partial charge < -0.3 is 20.7 Å². The van der Waals surface area contributed by atoms with E-state index in [9.17, 15) is 39.0 Å². The maximum Gasteiger partial charge on any atom is 0.305 e. The van der Waals surface area contributed by atoms with Crippen LogP contribution in [0.2, 0.25) is 0 Å². The number of benzene rings is 1. The summed E-state index contributed by atoms with van der Waals surface area (Å²) in [5, 5.41) is 22.7. The first-order valence-corrected chi connectivity index (χ1v) is 13.0. The quantitative estimate of drug-likeness (QED) is 0.350. The fraction of sp³-hybridized carbons (Fsp3) is 0.571. The van der Waals surface area contributed by atoms with Crippen LogP contribution >= 0.6 is 0 Å². The lowest BCUT2D eigenvalue weighted by Gasteiger charge is -2.56. The number of aliphatic hydroxyl groups is 1. The van der Waals surface area contributed by atoms with Crippen LogP contribution in [0.3, 0.4) is 0 Å². The number of hydrogen-bond acceptors (Lipinski definition) is 10. The van der Waals surface area contributed by atoms with E-state index >= 15 is 0 Å². The number of primary amides is 1. The summed E-state index contributed by atoms with van der Waals surface area (Å²) in [7, 11) is 2.93. The lowest BCUT2D eigenvalue weighted by molar-refractivity contribution is -0.205. The third kappa shape index (κ3) is 3.85. The highest BCUT2D eigenvalue weighted by atomic mass is 16.5. The number of aromatic hydroxyl groups is 1. The summed E-state index contributed by atoms with van der Waals surface area (Å²) in [5.41, 5.74) is 3.48. The third-order valence-corrected chi connectivity index (χ3v) is 8.65. The van der Waals surface area contributed by atoms with Gasteiger partial charge in [0, 0.05) is 12.3 Å². The molecule has 3 unspecified atom stereocenters. The van der Waals surface area contributed by atoms with E-state index in [1.807, 2.05) is 13.8 Å². The minimum atomic E-state index is -3.03. The standard InChI is InChI=1S/C28H34N2O9/c1-7-14(32)39-24-16-11(4)15-12(10(2)3)8-9-13(31)17(15)22(33)18(16)25(35)28(38)20(24)21(30(5)6)23(34)19(26(28)36)27(29)37/h8-11,16,18-21,24,31,38H,7H2,1-6H3,(H2,29,37)/t11-,16+,18?,19?,20+,21?,24-,28-/m0/s1. The van der Waals surface area contributed by atoms with E-state index in [1.54, 1.807) is 13.0 Å². The first-order chi connectivity index (χ1) is 18.1. The lowest BCUT2D eigenvalue weighted by atomic mass is 9.49. The molecule has 4 rings (SSSR count). The second-order valence-electron chi connectivity index (χ2n) is 11.3. The smallest absolute Gasteiger partial charge is 0.305 e. The van der Waals surface area contributed by atoms with Crippen molar-refractivity contribution >= 4 is 35.0 Å². The summed E-state index contributed by atoms with van der Waals surface area (Å²) in [4.78, 5) is 81.6. The maximum absolute atomic E-state index is 14.2. The van der Waals surface area contributed by atoms with Gasteiger partial charge in [0.25, 0.3) is 0 Å². The van der Waals surface area contributed by atoms with Crippen LogP contribution in [-0.4, -0.2) is 82.0 Å². The fourth-order valence-electron chi connectivity index (χ4n) is 6.96.